The molecule has 1 spiro atoms. The van der Waals surface area contributed by atoms with Crippen LogP contribution in [-0.2, 0) is 28.8 Å². The van der Waals surface area contributed by atoms with Gasteiger partial charge in [0, 0.05) is 49.1 Å². The van der Waals surface area contributed by atoms with Gasteiger partial charge in [0.25, 0.3) is 0 Å². The van der Waals surface area contributed by atoms with Gasteiger partial charge in [0.05, 0.1) is 30.8 Å². The number of likely N-dealkylation sites (tertiary alicyclic amines) is 1. The Morgan fingerprint density at radius 1 is 1.24 bits per heavy atom. The monoisotopic (exact) mass is 425 g/mol. The molecule has 2 saturated heterocycles. The van der Waals surface area contributed by atoms with Gasteiger partial charge in [0.1, 0.15) is 0 Å². The summed E-state index contributed by atoms with van der Waals surface area (Å²) in [5, 5.41) is 0. The van der Waals surface area contributed by atoms with Crippen LogP contribution < -0.4 is 0 Å². The van der Waals surface area contributed by atoms with Crippen molar-refractivity contribution in [2.45, 2.75) is 25.7 Å². The molecule has 9 heteroatoms. The Balaban J connectivity index is 1.46. The van der Waals surface area contributed by atoms with E-state index in [0.29, 0.717) is 57.9 Å². The molecule has 1 aromatic heterocycles. The molecule has 1 atom stereocenters. The quantitative estimate of drug-likeness (QED) is 0.753. The number of halogens is 3. The van der Waals surface area contributed by atoms with Gasteiger partial charge in [0.15, 0.2) is 0 Å². The summed E-state index contributed by atoms with van der Waals surface area (Å²) in [4.78, 5) is 21.7. The number of rotatable bonds is 4. The molecule has 5 nitrogen and oxygen atoms in total. The van der Waals surface area contributed by atoms with Crippen molar-refractivity contribution in [1.29, 1.82) is 0 Å². The first-order chi connectivity index (χ1) is 13.8. The van der Waals surface area contributed by atoms with Crippen molar-refractivity contribution in [2.24, 2.45) is 5.41 Å². The second-order valence-electron chi connectivity index (χ2n) is 7.86. The predicted octanol–water partition coefficient (Wildman–Crippen LogP) is 3.41. The van der Waals surface area contributed by atoms with E-state index in [0.717, 1.165) is 10.9 Å². The lowest BCUT2D eigenvalue weighted by molar-refractivity contribution is -0.137. The van der Waals surface area contributed by atoms with Crippen molar-refractivity contribution >= 4 is 17.2 Å². The fourth-order valence-corrected chi connectivity index (χ4v) is 4.77. The number of alkyl halides is 3. The number of carbonyl (C=O) groups excluding carboxylic acids is 1. The van der Waals surface area contributed by atoms with E-state index in [2.05, 4.69) is 9.88 Å². The van der Waals surface area contributed by atoms with Crippen molar-refractivity contribution in [3.8, 4) is 0 Å². The molecule has 1 amide bonds. The third-order valence-electron chi connectivity index (χ3n) is 5.41. The predicted molar refractivity (Wildman–Crippen MR) is 102 cm³/mol. The molecular formula is C20H22F3N3O2S. The fourth-order valence-electron chi connectivity index (χ4n) is 4.16. The van der Waals surface area contributed by atoms with Crippen LogP contribution in [0.25, 0.3) is 0 Å². The third kappa shape index (κ3) is 4.79. The molecule has 156 valence electrons. The Kier molecular flexibility index (Phi) is 5.63. The summed E-state index contributed by atoms with van der Waals surface area (Å²) in [7, 11) is 0. The van der Waals surface area contributed by atoms with Gasteiger partial charge in [-0.1, -0.05) is 18.2 Å². The van der Waals surface area contributed by atoms with E-state index in [1.165, 1.54) is 23.5 Å². The van der Waals surface area contributed by atoms with Crippen LogP contribution in [0.2, 0.25) is 0 Å². The van der Waals surface area contributed by atoms with Crippen LogP contribution >= 0.6 is 11.3 Å². The summed E-state index contributed by atoms with van der Waals surface area (Å²) in [5.74, 6) is 0.0860. The molecule has 4 rings (SSSR count). The largest absolute Gasteiger partial charge is 0.416 e. The number of nitrogens with zero attached hydrogens (tertiary/aromatic N) is 3. The zero-order valence-corrected chi connectivity index (χ0v) is 16.6. The minimum absolute atomic E-state index is 0.0860. The molecule has 3 heterocycles. The molecule has 0 aliphatic carbocycles. The molecular weight excluding hydrogens is 403 g/mol. The second kappa shape index (κ2) is 8.04. The number of hydrogen-bond donors (Lipinski definition) is 0. The van der Waals surface area contributed by atoms with Crippen LogP contribution in [0.15, 0.2) is 36.0 Å². The second-order valence-corrected chi connectivity index (χ2v) is 8.83. The highest BCUT2D eigenvalue weighted by Crippen LogP contribution is 2.36. The molecule has 1 aromatic carbocycles. The Morgan fingerprint density at radius 2 is 2.10 bits per heavy atom. The normalized spacial score (nSPS) is 23.7. The van der Waals surface area contributed by atoms with E-state index < -0.39 is 11.7 Å². The fraction of sp³-hybridized carbons (Fsp3) is 0.500. The maximum atomic E-state index is 13.0. The van der Waals surface area contributed by atoms with Gasteiger partial charge in [-0.15, -0.1) is 11.3 Å². The SMILES string of the molecule is O=C1CC2(COCCN(Cc3cccc(C(F)(F)F)c3)C2)CN1Cc1cncs1. The van der Waals surface area contributed by atoms with Crippen LogP contribution in [0.1, 0.15) is 22.4 Å². The summed E-state index contributed by atoms with van der Waals surface area (Å²) in [6, 6.07) is 5.44. The van der Waals surface area contributed by atoms with Crippen LogP contribution in [0.3, 0.4) is 0 Å². The maximum absolute atomic E-state index is 13.0. The standard InChI is InChI=1S/C20H22F3N3O2S/c21-20(22,23)16-3-1-2-15(6-16)9-25-4-5-28-13-19(11-25)7-18(27)26(12-19)10-17-8-24-14-29-17/h1-3,6,8,14H,4-5,7,9-13H2. The minimum atomic E-state index is -4.35. The molecule has 0 radical (unpaired) electrons. The van der Waals surface area contributed by atoms with E-state index in [1.54, 1.807) is 17.8 Å². The zero-order chi connectivity index (χ0) is 20.5. The number of amides is 1. The van der Waals surface area contributed by atoms with Crippen molar-refractivity contribution in [3.05, 3.63) is 52.0 Å². The summed E-state index contributed by atoms with van der Waals surface area (Å²) in [6.07, 6.45) is -2.19. The molecule has 0 saturated carbocycles. The van der Waals surface area contributed by atoms with Gasteiger partial charge < -0.3 is 9.64 Å². The molecule has 2 aromatic rings. The average molecular weight is 425 g/mol. The topological polar surface area (TPSA) is 45.7 Å². The number of benzene rings is 1. The molecule has 0 bridgehead atoms. The van der Waals surface area contributed by atoms with E-state index in [1.807, 2.05) is 4.90 Å². The number of hydrogen-bond acceptors (Lipinski definition) is 5. The Morgan fingerprint density at radius 3 is 2.86 bits per heavy atom. The number of ether oxygens (including phenoxy) is 1. The van der Waals surface area contributed by atoms with Gasteiger partial charge in [-0.3, -0.25) is 14.7 Å². The van der Waals surface area contributed by atoms with E-state index >= 15 is 0 Å². The first-order valence-corrected chi connectivity index (χ1v) is 10.3. The number of carbonyl (C=O) groups is 1. The van der Waals surface area contributed by atoms with Crippen molar-refractivity contribution in [3.63, 3.8) is 0 Å². The van der Waals surface area contributed by atoms with Crippen molar-refractivity contribution < 1.29 is 22.7 Å². The highest BCUT2D eigenvalue weighted by atomic mass is 32.1. The maximum Gasteiger partial charge on any atom is 0.416 e. The summed E-state index contributed by atoms with van der Waals surface area (Å²) < 4.78 is 44.8. The first-order valence-electron chi connectivity index (χ1n) is 9.44. The summed E-state index contributed by atoms with van der Waals surface area (Å²) in [5.41, 5.74) is 1.39. The van der Waals surface area contributed by atoms with Crippen molar-refractivity contribution in [1.82, 2.24) is 14.8 Å². The lowest BCUT2D eigenvalue weighted by Gasteiger charge is -2.31. The molecule has 0 N–H and O–H groups in total. The third-order valence-corrected chi connectivity index (χ3v) is 6.18. The van der Waals surface area contributed by atoms with E-state index in [9.17, 15) is 18.0 Å². The summed E-state index contributed by atoms with van der Waals surface area (Å²) in [6.45, 7) is 3.76. The van der Waals surface area contributed by atoms with Crippen molar-refractivity contribution in [2.75, 3.05) is 32.8 Å². The Bertz CT molecular complexity index is 859. The van der Waals surface area contributed by atoms with Crippen LogP contribution in [-0.4, -0.2) is 53.5 Å². The Hall–Kier alpha value is -1.97. The van der Waals surface area contributed by atoms with Crippen LogP contribution in [0.5, 0.6) is 0 Å². The molecule has 2 fully saturated rings. The highest BCUT2D eigenvalue weighted by molar-refractivity contribution is 7.09. The number of thiazole rings is 1. The lowest BCUT2D eigenvalue weighted by atomic mass is 9.87. The van der Waals surface area contributed by atoms with Gasteiger partial charge in [-0.05, 0) is 11.6 Å². The van der Waals surface area contributed by atoms with Gasteiger partial charge >= 0.3 is 6.18 Å². The molecule has 1 unspecified atom stereocenters. The minimum Gasteiger partial charge on any atom is -0.379 e. The molecule has 2 aliphatic heterocycles. The van der Waals surface area contributed by atoms with Gasteiger partial charge in [-0.25, -0.2) is 0 Å². The smallest absolute Gasteiger partial charge is 0.379 e. The van der Waals surface area contributed by atoms with Gasteiger partial charge in [0.2, 0.25) is 5.91 Å². The lowest BCUT2D eigenvalue weighted by Crippen LogP contribution is -2.40. The Labute approximate surface area is 171 Å². The zero-order valence-electron chi connectivity index (χ0n) is 15.8. The van der Waals surface area contributed by atoms with Gasteiger partial charge in [-0.2, -0.15) is 13.2 Å². The number of aromatic nitrogens is 1. The van der Waals surface area contributed by atoms with E-state index in [-0.39, 0.29) is 11.3 Å². The van der Waals surface area contributed by atoms with E-state index in [4.69, 9.17) is 4.74 Å². The average Bonchev–Trinajstić information content (AvgIpc) is 3.21. The molecule has 29 heavy (non-hydrogen) atoms. The summed E-state index contributed by atoms with van der Waals surface area (Å²) >= 11 is 1.52. The van der Waals surface area contributed by atoms with Crippen LogP contribution in [0.4, 0.5) is 13.2 Å². The highest BCUT2D eigenvalue weighted by Gasteiger charge is 2.45. The first kappa shape index (κ1) is 20.3. The van der Waals surface area contributed by atoms with Crippen LogP contribution in [0, 0.1) is 5.41 Å². The molecule has 2 aliphatic rings.